The molecule has 13 aromatic carbocycles. The van der Waals surface area contributed by atoms with Crippen molar-refractivity contribution >= 4 is 55.0 Å². The predicted octanol–water partition coefficient (Wildman–Crippen LogP) is 21.8. The Balaban J connectivity index is 0.876. The van der Waals surface area contributed by atoms with Crippen molar-refractivity contribution in [2.24, 2.45) is 0 Å². The predicted molar refractivity (Wildman–Crippen MR) is 398 cm³/mol. The van der Waals surface area contributed by atoms with Gasteiger partial charge < -0.3 is 9.13 Å². The van der Waals surface area contributed by atoms with Crippen molar-refractivity contribution in [1.82, 2.24) is 39.0 Å². The molecule has 4 heterocycles. The van der Waals surface area contributed by atoms with E-state index >= 15 is 0 Å². The summed E-state index contributed by atoms with van der Waals surface area (Å²) in [5, 5.41) is 24.1. The lowest BCUT2D eigenvalue weighted by Crippen LogP contribution is -2.04. The topological polar surface area (TPSA) is 144 Å². The van der Waals surface area contributed by atoms with Crippen molar-refractivity contribution in [2.45, 2.75) is 0 Å². The van der Waals surface area contributed by atoms with Gasteiger partial charge in [-0.05, 0) is 148 Å². The van der Waals surface area contributed by atoms with Crippen molar-refractivity contribution in [3.05, 3.63) is 337 Å². The van der Waals surface area contributed by atoms with Crippen molar-refractivity contribution in [1.29, 1.82) is 10.5 Å². The number of para-hydroxylation sites is 2. The van der Waals surface area contributed by atoms with Crippen LogP contribution in [0.5, 0.6) is 0 Å². The Kier molecular flexibility index (Phi) is 14.8. The second kappa shape index (κ2) is 25.0. The maximum Gasteiger partial charge on any atom is 0.189 e. The zero-order valence-corrected chi connectivity index (χ0v) is 53.2. The number of fused-ring (bicyclic) bond motifs is 6. The van der Waals surface area contributed by atoms with Gasteiger partial charge in [0, 0.05) is 66.1 Å². The molecular weight excluding hydrogens is 1230 g/mol. The minimum Gasteiger partial charge on any atom is -0.308 e. The van der Waals surface area contributed by atoms with E-state index in [9.17, 15) is 10.5 Å². The average molecular weight is 1280 g/mol. The Bertz CT molecular complexity index is 5770. The number of rotatable bonds is 12. The van der Waals surface area contributed by atoms with Gasteiger partial charge in [0.1, 0.15) is 0 Å². The molecule has 100 heavy (non-hydrogen) atoms. The van der Waals surface area contributed by atoms with Gasteiger partial charge >= 0.3 is 0 Å². The molecule has 0 atom stereocenters. The van der Waals surface area contributed by atoms with Crippen molar-refractivity contribution < 1.29 is 0 Å². The molecule has 0 saturated carbocycles. The highest BCUT2D eigenvalue weighted by Gasteiger charge is 2.25. The monoisotopic (exact) mass is 1270 g/mol. The van der Waals surface area contributed by atoms with Crippen LogP contribution in [0.4, 0.5) is 11.4 Å². The van der Waals surface area contributed by atoms with Crippen molar-refractivity contribution in [3.8, 4) is 136 Å². The Morgan fingerprint density at radius 1 is 0.250 bits per heavy atom. The Morgan fingerprint density at radius 3 is 0.930 bits per heavy atom. The quantitative estimate of drug-likeness (QED) is 0.110. The summed E-state index contributed by atoms with van der Waals surface area (Å²) in [6.45, 7) is 15.7. The summed E-state index contributed by atoms with van der Waals surface area (Å²) < 4.78 is 4.59. The molecule has 0 radical (unpaired) electrons. The van der Waals surface area contributed by atoms with E-state index in [0.717, 1.165) is 133 Å². The fourth-order valence-electron chi connectivity index (χ4n) is 13.5. The molecule has 0 aliphatic rings. The smallest absolute Gasteiger partial charge is 0.189 e. The summed E-state index contributed by atoms with van der Waals surface area (Å²) in [5.74, 6) is 3.14. The lowest BCUT2D eigenvalue weighted by Gasteiger charge is -2.18. The summed E-state index contributed by atoms with van der Waals surface area (Å²) in [4.78, 5) is 38.9. The normalized spacial score (nSPS) is 11.2. The third-order valence-corrected chi connectivity index (χ3v) is 18.3. The van der Waals surface area contributed by atoms with E-state index in [1.54, 1.807) is 12.1 Å². The largest absolute Gasteiger partial charge is 0.308 e. The maximum absolute atomic E-state index is 10.0. The summed E-state index contributed by atoms with van der Waals surface area (Å²) in [5.41, 5.74) is 19.1. The van der Waals surface area contributed by atoms with Crippen LogP contribution < -0.4 is 0 Å². The average Bonchev–Trinajstić information content (AvgIpc) is 1.58. The first kappa shape index (κ1) is 59.2. The first-order valence-electron chi connectivity index (χ1n) is 32.4. The van der Waals surface area contributed by atoms with E-state index in [-0.39, 0.29) is 0 Å². The van der Waals surface area contributed by atoms with Gasteiger partial charge in [-0.3, -0.25) is 0 Å². The molecule has 17 aromatic rings. The van der Waals surface area contributed by atoms with Crippen LogP contribution in [0.2, 0.25) is 0 Å². The Morgan fingerprint density at radius 2 is 0.560 bits per heavy atom. The molecule has 0 bridgehead atoms. The van der Waals surface area contributed by atoms with Gasteiger partial charge in [-0.15, -0.1) is 0 Å². The van der Waals surface area contributed by atoms with Crippen molar-refractivity contribution in [3.63, 3.8) is 0 Å². The van der Waals surface area contributed by atoms with Gasteiger partial charge in [-0.2, -0.15) is 10.5 Å². The van der Waals surface area contributed by atoms with Gasteiger partial charge in [0.25, 0.3) is 0 Å². The number of nitriles is 2. The van der Waals surface area contributed by atoms with E-state index < -0.39 is 0 Å². The lowest BCUT2D eigenvalue weighted by atomic mass is 9.96. The van der Waals surface area contributed by atoms with Gasteiger partial charge in [-0.25, -0.2) is 39.6 Å². The molecular formula is C88H50N12. The van der Waals surface area contributed by atoms with Crippen LogP contribution in [0.15, 0.2) is 303 Å². The van der Waals surface area contributed by atoms with E-state index in [1.807, 2.05) is 146 Å². The number of aromatic nitrogens is 8. The van der Waals surface area contributed by atoms with Crippen LogP contribution in [0.1, 0.15) is 11.1 Å². The number of hydrogen-bond acceptors (Lipinski definition) is 8. The molecule has 0 spiro atoms. The molecule has 0 aliphatic heterocycles. The zero-order valence-electron chi connectivity index (χ0n) is 53.2. The molecule has 12 heteroatoms. The standard InChI is InChI=1S/C88H50N12/c1-91-69-44-55(53-89)42-67(47-69)63-36-40-79-75(49-63)71-30-15-17-32-77(71)99(79)81-51-65(34-38-73(81)87-95-83(57-20-7-3-8-21-57)93-84(96-87)58-22-9-4-10-23-58)61-28-19-29-62(46-61)66-35-39-74(88-97-85(59-24-11-5-12-25-59)94-86(98-88)60-26-13-6-14-27-60)82(52-66)100-78-33-18-16-31-72(78)76-50-64(37-41-80(76)100)68-43-56(54-90)45-70(48-68)92-2/h3-52H. The minimum absolute atomic E-state index is 0.397. The van der Waals surface area contributed by atoms with E-state index in [0.29, 0.717) is 57.4 Å². The maximum atomic E-state index is 10.0. The first-order valence-corrected chi connectivity index (χ1v) is 32.4. The van der Waals surface area contributed by atoms with E-state index in [2.05, 4.69) is 177 Å². The molecule has 0 saturated heterocycles. The summed E-state index contributed by atoms with van der Waals surface area (Å²) in [7, 11) is 0. The van der Waals surface area contributed by atoms with Crippen LogP contribution >= 0.6 is 0 Å². The number of hydrogen-bond donors (Lipinski definition) is 0. The molecule has 4 aromatic heterocycles. The highest BCUT2D eigenvalue weighted by Crippen LogP contribution is 2.44. The molecule has 0 unspecified atom stereocenters. The SMILES string of the molecule is [C-]#[N+]c1cc(C#N)cc(-c2ccc3c(c2)c2ccccc2n3-c2cc(-c3cccc(-c4ccc(-c5nc(-c6ccccc6)nc(-c6ccccc6)n5)c(-n5c6ccccc6c6cc(-c7cc(C#N)cc([N+]#[C-])c7)ccc65)c4)c3)ccc2-c2nc(-c3ccccc3)nc(-c3ccccc3)n2)c1. The van der Waals surface area contributed by atoms with Gasteiger partial charge in [0.15, 0.2) is 46.3 Å². The van der Waals surface area contributed by atoms with E-state index in [4.69, 9.17) is 43.0 Å². The van der Waals surface area contributed by atoms with Crippen LogP contribution in [-0.2, 0) is 0 Å². The molecule has 17 rings (SSSR count). The summed E-state index contributed by atoms with van der Waals surface area (Å²) >= 11 is 0. The lowest BCUT2D eigenvalue weighted by molar-refractivity contribution is 1.06. The fraction of sp³-hybridized carbons (Fsp3) is 0. The summed E-state index contributed by atoms with van der Waals surface area (Å²) in [6, 6.07) is 106. The third kappa shape index (κ3) is 10.8. The third-order valence-electron chi connectivity index (χ3n) is 18.3. The van der Waals surface area contributed by atoms with Crippen molar-refractivity contribution in [2.75, 3.05) is 0 Å². The minimum atomic E-state index is 0.397. The van der Waals surface area contributed by atoms with Crippen LogP contribution in [0.3, 0.4) is 0 Å². The van der Waals surface area contributed by atoms with Gasteiger partial charge in [0.05, 0.1) is 58.7 Å². The van der Waals surface area contributed by atoms with Gasteiger partial charge in [0.2, 0.25) is 0 Å². The van der Waals surface area contributed by atoms with Crippen LogP contribution in [0.25, 0.3) is 178 Å². The second-order valence-electron chi connectivity index (χ2n) is 24.3. The molecule has 462 valence electrons. The molecule has 0 amide bonds. The summed E-state index contributed by atoms with van der Waals surface area (Å²) in [6.07, 6.45) is 0. The molecule has 0 N–H and O–H groups in total. The molecule has 12 nitrogen and oxygen atoms in total. The van der Waals surface area contributed by atoms with Gasteiger partial charge in [-0.1, -0.05) is 200 Å². The molecule has 0 aliphatic carbocycles. The fourth-order valence-corrected chi connectivity index (χ4v) is 13.5. The number of benzene rings is 13. The highest BCUT2D eigenvalue weighted by atomic mass is 15.1. The Labute approximate surface area is 574 Å². The Hall–Kier alpha value is -14.6. The molecule has 0 fully saturated rings. The zero-order chi connectivity index (χ0) is 67.2. The van der Waals surface area contributed by atoms with E-state index in [1.165, 1.54) is 0 Å². The van der Waals surface area contributed by atoms with Crippen LogP contribution in [0, 0.1) is 35.8 Å². The van der Waals surface area contributed by atoms with Crippen LogP contribution in [-0.4, -0.2) is 39.0 Å². The first-order chi connectivity index (χ1) is 49.3. The highest BCUT2D eigenvalue weighted by molar-refractivity contribution is 6.12. The second-order valence-corrected chi connectivity index (χ2v) is 24.3. The number of nitrogens with zero attached hydrogens (tertiary/aromatic N) is 12.